The zero-order chi connectivity index (χ0) is 23.6. The number of aryl methyl sites for hydroxylation is 2. The molecular weight excluding hydrogens is 500 g/mol. The van der Waals surface area contributed by atoms with Crippen LogP contribution in [0.15, 0.2) is 87.0 Å². The molecule has 3 aromatic carbocycles. The van der Waals surface area contributed by atoms with Crippen molar-refractivity contribution in [1.29, 1.82) is 0 Å². The minimum absolute atomic E-state index is 0.0191. The van der Waals surface area contributed by atoms with E-state index in [9.17, 15) is 13.2 Å². The maximum Gasteiger partial charge on any atom is 0.252 e. The van der Waals surface area contributed by atoms with Crippen molar-refractivity contribution in [3.8, 4) is 0 Å². The monoisotopic (exact) mass is 524 g/mol. The molecule has 170 valence electrons. The highest BCUT2D eigenvalue weighted by molar-refractivity contribution is 9.10. The molecule has 4 rings (SSSR count). The van der Waals surface area contributed by atoms with Gasteiger partial charge in [-0.15, -0.1) is 0 Å². The third-order valence-corrected chi connectivity index (χ3v) is 8.69. The topological polar surface area (TPSA) is 70.2 Å². The number of nitrogens with zero attached hydrogens (tertiary/aromatic N) is 1. The fourth-order valence-corrected chi connectivity index (χ4v) is 6.19. The lowest BCUT2D eigenvalue weighted by molar-refractivity contribution is 0.408. The number of aromatic amines is 1. The molecule has 0 spiro atoms. The van der Waals surface area contributed by atoms with Crippen molar-refractivity contribution >= 4 is 36.9 Å². The molecule has 0 unspecified atom stereocenters. The Labute approximate surface area is 202 Å². The summed E-state index contributed by atoms with van der Waals surface area (Å²) in [5.41, 5.74) is 4.11. The first-order chi connectivity index (χ1) is 15.8. The zero-order valence-corrected chi connectivity index (χ0v) is 20.9. The Hall–Kier alpha value is -2.74. The van der Waals surface area contributed by atoms with E-state index in [2.05, 4.69) is 20.9 Å². The van der Waals surface area contributed by atoms with Crippen LogP contribution in [0.4, 0.5) is 0 Å². The summed E-state index contributed by atoms with van der Waals surface area (Å²) in [6, 6.07) is 22.2. The summed E-state index contributed by atoms with van der Waals surface area (Å²) < 4.78 is 29.2. The van der Waals surface area contributed by atoms with Crippen molar-refractivity contribution in [3.63, 3.8) is 0 Å². The Morgan fingerprint density at radius 1 is 0.909 bits per heavy atom. The highest BCUT2D eigenvalue weighted by atomic mass is 79.9. The maximum absolute atomic E-state index is 13.6. The first-order valence-corrected chi connectivity index (χ1v) is 12.9. The van der Waals surface area contributed by atoms with Crippen LogP contribution in [0.2, 0.25) is 0 Å². The number of sulfonamides is 1. The first kappa shape index (κ1) is 23.4. The average molecular weight is 525 g/mol. The molecule has 0 atom stereocenters. The lowest BCUT2D eigenvalue weighted by atomic mass is 10.0. The predicted octanol–water partition coefficient (Wildman–Crippen LogP) is 5.34. The second-order valence-corrected chi connectivity index (χ2v) is 10.9. The van der Waals surface area contributed by atoms with Crippen LogP contribution < -0.4 is 5.56 Å². The van der Waals surface area contributed by atoms with Gasteiger partial charge in [0.15, 0.2) is 0 Å². The lowest BCUT2D eigenvalue weighted by Crippen LogP contribution is -2.34. The minimum atomic E-state index is -3.85. The van der Waals surface area contributed by atoms with E-state index < -0.39 is 10.0 Å². The first-order valence-electron chi connectivity index (χ1n) is 10.7. The van der Waals surface area contributed by atoms with Crippen LogP contribution in [0, 0.1) is 13.8 Å². The number of hydrogen-bond donors (Lipinski definition) is 1. The fraction of sp³-hybridized carbons (Fsp3) is 0.192. The summed E-state index contributed by atoms with van der Waals surface area (Å²) in [6.45, 7) is 4.24. The number of fused-ring (bicyclic) bond motifs is 1. The summed E-state index contributed by atoms with van der Waals surface area (Å²) >= 11 is 3.37. The molecule has 0 fully saturated rings. The van der Waals surface area contributed by atoms with Crippen molar-refractivity contribution < 1.29 is 8.42 Å². The smallest absolute Gasteiger partial charge is 0.252 e. The van der Waals surface area contributed by atoms with Crippen molar-refractivity contribution in [2.45, 2.75) is 31.7 Å². The summed E-state index contributed by atoms with van der Waals surface area (Å²) in [4.78, 5) is 16.0. The molecule has 33 heavy (non-hydrogen) atoms. The van der Waals surface area contributed by atoms with Gasteiger partial charge in [-0.2, -0.15) is 4.31 Å². The SMILES string of the molecule is Cc1cc2cc(CN(CCc3ccccc3)S(=O)(=O)c3ccccc3Br)c(=O)[nH]c2cc1C. The molecule has 0 aliphatic carbocycles. The van der Waals surface area contributed by atoms with Gasteiger partial charge >= 0.3 is 0 Å². The van der Waals surface area contributed by atoms with E-state index in [0.29, 0.717) is 16.5 Å². The second-order valence-electron chi connectivity index (χ2n) is 8.15. The van der Waals surface area contributed by atoms with E-state index in [4.69, 9.17) is 0 Å². The van der Waals surface area contributed by atoms with Crippen LogP contribution in [-0.4, -0.2) is 24.3 Å². The molecule has 0 radical (unpaired) electrons. The average Bonchev–Trinajstić information content (AvgIpc) is 2.79. The van der Waals surface area contributed by atoms with Gasteiger partial charge < -0.3 is 4.98 Å². The normalized spacial score (nSPS) is 11.9. The molecule has 1 heterocycles. The highest BCUT2D eigenvalue weighted by Gasteiger charge is 2.27. The van der Waals surface area contributed by atoms with Crippen LogP contribution in [0.3, 0.4) is 0 Å². The highest BCUT2D eigenvalue weighted by Crippen LogP contribution is 2.26. The Balaban J connectivity index is 1.74. The van der Waals surface area contributed by atoms with Crippen LogP contribution in [0.1, 0.15) is 22.3 Å². The van der Waals surface area contributed by atoms with Crippen molar-refractivity contribution in [2.75, 3.05) is 6.54 Å². The van der Waals surface area contributed by atoms with Crippen molar-refractivity contribution in [3.05, 3.63) is 110 Å². The molecule has 1 aromatic heterocycles. The third kappa shape index (κ3) is 5.11. The molecule has 0 aliphatic heterocycles. The van der Waals surface area contributed by atoms with Crippen LogP contribution >= 0.6 is 15.9 Å². The zero-order valence-electron chi connectivity index (χ0n) is 18.5. The molecular formula is C26H25BrN2O3S. The largest absolute Gasteiger partial charge is 0.322 e. The van der Waals surface area contributed by atoms with Crippen LogP contribution in [0.5, 0.6) is 0 Å². The van der Waals surface area contributed by atoms with Gasteiger partial charge in [-0.05, 0) is 88.6 Å². The van der Waals surface area contributed by atoms with Gasteiger partial charge in [0.05, 0.1) is 4.90 Å². The maximum atomic E-state index is 13.6. The van der Waals surface area contributed by atoms with Gasteiger partial charge in [-0.1, -0.05) is 42.5 Å². The molecule has 0 bridgehead atoms. The van der Waals surface area contributed by atoms with Crippen molar-refractivity contribution in [2.24, 2.45) is 0 Å². The van der Waals surface area contributed by atoms with Gasteiger partial charge in [0.1, 0.15) is 0 Å². The van der Waals surface area contributed by atoms with Gasteiger partial charge in [-0.25, -0.2) is 8.42 Å². The van der Waals surface area contributed by atoms with E-state index in [0.717, 1.165) is 27.6 Å². The standard InChI is InChI=1S/C26H25BrN2O3S/c1-18-14-21-16-22(26(30)28-24(21)15-19(18)2)17-29(13-12-20-8-4-3-5-9-20)33(31,32)25-11-7-6-10-23(25)27/h3-11,14-16H,12-13,17H2,1-2H3,(H,28,30). The molecule has 0 aliphatic rings. The van der Waals surface area contributed by atoms with Gasteiger partial charge in [-0.3, -0.25) is 4.79 Å². The number of pyridine rings is 1. The Morgan fingerprint density at radius 3 is 2.30 bits per heavy atom. The van der Waals surface area contributed by atoms with Gasteiger partial charge in [0, 0.05) is 28.6 Å². The molecule has 0 amide bonds. The number of rotatable bonds is 7. The fourth-order valence-electron chi connectivity index (χ4n) is 3.81. The molecule has 7 heteroatoms. The minimum Gasteiger partial charge on any atom is -0.322 e. The molecule has 4 aromatic rings. The predicted molar refractivity (Wildman–Crippen MR) is 136 cm³/mol. The Kier molecular flexibility index (Phi) is 6.83. The number of nitrogens with one attached hydrogen (secondary N) is 1. The summed E-state index contributed by atoms with van der Waals surface area (Å²) in [5.74, 6) is 0. The molecule has 0 saturated heterocycles. The van der Waals surface area contributed by atoms with Crippen LogP contribution in [-0.2, 0) is 23.0 Å². The summed E-state index contributed by atoms with van der Waals surface area (Å²) in [6.07, 6.45) is 0.536. The number of H-pyrrole nitrogens is 1. The van der Waals surface area contributed by atoms with E-state index in [-0.39, 0.29) is 23.5 Å². The van der Waals surface area contributed by atoms with E-state index in [1.54, 1.807) is 30.3 Å². The molecule has 5 nitrogen and oxygen atoms in total. The number of benzene rings is 3. The molecule has 1 N–H and O–H groups in total. The Morgan fingerprint density at radius 2 is 1.58 bits per heavy atom. The van der Waals surface area contributed by atoms with Crippen LogP contribution in [0.25, 0.3) is 10.9 Å². The van der Waals surface area contributed by atoms with E-state index in [1.165, 1.54) is 4.31 Å². The summed E-state index contributed by atoms with van der Waals surface area (Å²) in [7, 11) is -3.85. The molecule has 0 saturated carbocycles. The van der Waals surface area contributed by atoms with Gasteiger partial charge in [0.25, 0.3) is 5.56 Å². The van der Waals surface area contributed by atoms with E-state index in [1.807, 2.05) is 56.3 Å². The van der Waals surface area contributed by atoms with E-state index >= 15 is 0 Å². The number of aromatic nitrogens is 1. The number of halogens is 1. The second kappa shape index (κ2) is 9.63. The van der Waals surface area contributed by atoms with Crippen molar-refractivity contribution in [1.82, 2.24) is 9.29 Å². The Bertz CT molecular complexity index is 1460. The number of hydrogen-bond acceptors (Lipinski definition) is 3. The quantitative estimate of drug-likeness (QED) is 0.354. The third-order valence-electron chi connectivity index (χ3n) is 5.83. The summed E-state index contributed by atoms with van der Waals surface area (Å²) in [5, 5.41) is 0.883. The lowest BCUT2D eigenvalue weighted by Gasteiger charge is -2.23. The van der Waals surface area contributed by atoms with Gasteiger partial charge in [0.2, 0.25) is 10.0 Å².